The first-order valence-electron chi connectivity index (χ1n) is 13.1. The summed E-state index contributed by atoms with van der Waals surface area (Å²) >= 11 is 1.34. The third-order valence-electron chi connectivity index (χ3n) is 6.93. The van der Waals surface area contributed by atoms with Crippen molar-refractivity contribution in [3.05, 3.63) is 119 Å². The Hall–Kier alpha value is -5.01. The van der Waals surface area contributed by atoms with Crippen LogP contribution < -0.4 is 5.32 Å². The number of carboxylic acids is 1. The number of rotatable bonds is 8. The Morgan fingerprint density at radius 3 is 2.38 bits per heavy atom. The van der Waals surface area contributed by atoms with Gasteiger partial charge in [0, 0.05) is 22.9 Å². The number of benzene rings is 4. The molecule has 0 bridgehead atoms. The first-order valence-corrected chi connectivity index (χ1v) is 13.9. The summed E-state index contributed by atoms with van der Waals surface area (Å²) in [6.45, 7) is 7.49. The predicted molar refractivity (Wildman–Crippen MR) is 155 cm³/mol. The molecule has 1 aliphatic carbocycles. The van der Waals surface area contributed by atoms with Crippen LogP contribution in [0.2, 0.25) is 0 Å². The van der Waals surface area contributed by atoms with Crippen LogP contribution in [-0.2, 0) is 6.54 Å². The van der Waals surface area contributed by atoms with E-state index < -0.39 is 23.5 Å². The molecule has 2 N–H and O–H groups in total. The number of nitrogens with zero attached hydrogens (tertiary/aromatic N) is 3. The number of hydrogen-bond donors (Lipinski definition) is 2. The summed E-state index contributed by atoms with van der Waals surface area (Å²) in [5.41, 5.74) is 3.02. The third-order valence-corrected chi connectivity index (χ3v) is 7.89. The molecule has 0 unspecified atom stereocenters. The zero-order valence-corrected chi connectivity index (χ0v) is 22.8. The first-order chi connectivity index (χ1) is 20.3. The van der Waals surface area contributed by atoms with Crippen molar-refractivity contribution >= 4 is 40.2 Å². The monoisotopic (exact) mass is 580 g/mol. The molecule has 208 valence electrons. The molecule has 0 aliphatic heterocycles. The van der Waals surface area contributed by atoms with Crippen molar-refractivity contribution in [1.29, 1.82) is 0 Å². The molecule has 0 spiro atoms. The summed E-state index contributed by atoms with van der Waals surface area (Å²) < 4.78 is 30.3. The van der Waals surface area contributed by atoms with Crippen LogP contribution in [0.25, 0.3) is 26.9 Å². The van der Waals surface area contributed by atoms with E-state index in [1.165, 1.54) is 36.0 Å². The van der Waals surface area contributed by atoms with E-state index in [0.717, 1.165) is 23.8 Å². The smallest absolute Gasteiger partial charge is 0.335 e. The summed E-state index contributed by atoms with van der Waals surface area (Å²) in [5, 5.41) is 18.1. The lowest BCUT2D eigenvalue weighted by Gasteiger charge is -2.12. The molecule has 6 rings (SSSR count). The number of carbonyl (C=O) groups excluding carboxylic acids is 1. The van der Waals surface area contributed by atoms with E-state index in [2.05, 4.69) is 10.2 Å². The maximum atomic E-state index is 14.2. The van der Waals surface area contributed by atoms with Gasteiger partial charge in [-0.15, -0.1) is 0 Å². The number of nitrogens with one attached hydrogen (secondary N) is 1. The number of halogens is 2. The second-order valence-electron chi connectivity index (χ2n) is 9.95. The molecule has 0 saturated heterocycles. The summed E-state index contributed by atoms with van der Waals surface area (Å²) in [6, 6.07) is 20.1. The Kier molecular flexibility index (Phi) is 7.19. The minimum absolute atomic E-state index is 0.130. The molecule has 7 nitrogen and oxygen atoms in total. The molecule has 1 amide bonds. The van der Waals surface area contributed by atoms with E-state index in [0.29, 0.717) is 32.7 Å². The van der Waals surface area contributed by atoms with Crippen molar-refractivity contribution in [1.82, 2.24) is 15.1 Å². The minimum atomic E-state index is -1.04. The Bertz CT molecular complexity index is 1890. The highest BCUT2D eigenvalue weighted by Gasteiger charge is 2.30. The fourth-order valence-electron chi connectivity index (χ4n) is 4.74. The lowest BCUT2D eigenvalue weighted by atomic mass is 9.99. The number of hydrogen-bond acceptors (Lipinski definition) is 4. The van der Waals surface area contributed by atoms with E-state index in [9.17, 15) is 18.4 Å². The average molecular weight is 581 g/mol. The first kappa shape index (κ1) is 27.2. The van der Waals surface area contributed by atoms with Crippen LogP contribution in [0.4, 0.5) is 14.5 Å². The van der Waals surface area contributed by atoms with Gasteiger partial charge in [-0.05, 0) is 72.0 Å². The van der Waals surface area contributed by atoms with Crippen LogP contribution in [0, 0.1) is 18.2 Å². The van der Waals surface area contributed by atoms with Gasteiger partial charge in [-0.2, -0.15) is 5.10 Å². The number of fused-ring (bicyclic) bond motifs is 1. The zero-order valence-electron chi connectivity index (χ0n) is 22.0. The molecule has 42 heavy (non-hydrogen) atoms. The minimum Gasteiger partial charge on any atom is -0.478 e. The van der Waals surface area contributed by atoms with Gasteiger partial charge in [-0.3, -0.25) is 9.48 Å². The maximum Gasteiger partial charge on any atom is 0.335 e. The lowest BCUT2D eigenvalue weighted by molar-refractivity contribution is 0.0696. The maximum absolute atomic E-state index is 14.2. The fourth-order valence-corrected chi connectivity index (χ4v) is 5.73. The van der Waals surface area contributed by atoms with Gasteiger partial charge in [0.25, 0.3) is 5.91 Å². The van der Waals surface area contributed by atoms with Crippen LogP contribution in [0.5, 0.6) is 0 Å². The Morgan fingerprint density at radius 2 is 1.71 bits per heavy atom. The van der Waals surface area contributed by atoms with Crippen LogP contribution in [0.3, 0.4) is 0 Å². The van der Waals surface area contributed by atoms with Gasteiger partial charge in [-0.1, -0.05) is 42.1 Å². The number of carbonyl (C=O) groups is 2. The van der Waals surface area contributed by atoms with E-state index >= 15 is 0 Å². The molecule has 1 heterocycles. The number of aromatic nitrogens is 2. The fraction of sp³-hybridized carbons (Fsp3) is 0.125. The van der Waals surface area contributed by atoms with E-state index in [1.807, 2.05) is 10.7 Å². The molecule has 0 atom stereocenters. The Labute approximate surface area is 243 Å². The van der Waals surface area contributed by atoms with Crippen LogP contribution in [0.15, 0.2) is 88.8 Å². The second kappa shape index (κ2) is 11.1. The van der Waals surface area contributed by atoms with Crippen LogP contribution in [0.1, 0.15) is 45.2 Å². The van der Waals surface area contributed by atoms with Gasteiger partial charge in [0.05, 0.1) is 29.3 Å². The normalized spacial score (nSPS) is 12.7. The van der Waals surface area contributed by atoms with Gasteiger partial charge in [0.1, 0.15) is 16.7 Å². The molecule has 4 aromatic carbocycles. The molecular formula is C32H22F2N4O3S. The van der Waals surface area contributed by atoms with E-state index in [-0.39, 0.29) is 29.3 Å². The van der Waals surface area contributed by atoms with Crippen molar-refractivity contribution in [2.45, 2.75) is 35.3 Å². The zero-order chi connectivity index (χ0) is 29.4. The molecule has 1 fully saturated rings. The van der Waals surface area contributed by atoms with Crippen LogP contribution >= 0.6 is 11.8 Å². The average Bonchev–Trinajstić information content (AvgIpc) is 3.77. The highest BCUT2D eigenvalue weighted by Crippen LogP contribution is 2.43. The van der Waals surface area contributed by atoms with Crippen molar-refractivity contribution < 1.29 is 23.5 Å². The van der Waals surface area contributed by atoms with Gasteiger partial charge < -0.3 is 10.4 Å². The quantitative estimate of drug-likeness (QED) is 0.184. The van der Waals surface area contributed by atoms with Crippen molar-refractivity contribution in [2.75, 3.05) is 0 Å². The standard InChI is InChI=1S/C32H22F2N4O3S/c1-35-24-3-2-4-26(16-24)42-31-29-27(30(39)36-17-18-5-7-19(8-6-18)32(40)41)13-21(20-11-22(33)15-23(34)12-20)14-28(29)38(37-31)25-9-10-25/h2-8,11-16,25H,9-10,17H2,(H,36,39)(H,40,41). The molecular weight excluding hydrogens is 558 g/mol. The summed E-state index contributed by atoms with van der Waals surface area (Å²) in [7, 11) is 0. The van der Waals surface area contributed by atoms with Gasteiger partial charge in [0.2, 0.25) is 0 Å². The van der Waals surface area contributed by atoms with Crippen molar-refractivity contribution in [3.8, 4) is 11.1 Å². The molecule has 1 saturated carbocycles. The van der Waals surface area contributed by atoms with Crippen molar-refractivity contribution in [3.63, 3.8) is 0 Å². The van der Waals surface area contributed by atoms with Crippen molar-refractivity contribution in [2.24, 2.45) is 0 Å². The SMILES string of the molecule is [C-]#[N+]c1cccc(Sc2nn(C3CC3)c3cc(-c4cc(F)cc(F)c4)cc(C(=O)NCc4ccc(C(=O)O)cc4)c23)c1. The predicted octanol–water partition coefficient (Wildman–Crippen LogP) is 7.65. The summed E-state index contributed by atoms with van der Waals surface area (Å²) in [6.07, 6.45) is 1.83. The highest BCUT2D eigenvalue weighted by atomic mass is 32.2. The summed E-state index contributed by atoms with van der Waals surface area (Å²) in [4.78, 5) is 29.3. The topological polar surface area (TPSA) is 88.6 Å². The van der Waals surface area contributed by atoms with Gasteiger partial charge >= 0.3 is 5.97 Å². The number of amides is 1. The molecule has 1 aromatic heterocycles. The molecule has 10 heteroatoms. The molecule has 0 radical (unpaired) electrons. The lowest BCUT2D eigenvalue weighted by Crippen LogP contribution is -2.23. The van der Waals surface area contributed by atoms with Gasteiger partial charge in [0.15, 0.2) is 5.69 Å². The second-order valence-corrected chi connectivity index (χ2v) is 11.0. The Morgan fingerprint density at radius 1 is 1.00 bits per heavy atom. The van der Waals surface area contributed by atoms with E-state index in [4.69, 9.17) is 16.8 Å². The van der Waals surface area contributed by atoms with Gasteiger partial charge in [-0.25, -0.2) is 18.4 Å². The molecule has 5 aromatic rings. The third kappa shape index (κ3) is 5.60. The number of aromatic carboxylic acids is 1. The Balaban J connectivity index is 1.46. The molecule has 1 aliphatic rings. The number of carboxylic acid groups (broad SMARTS) is 1. The van der Waals surface area contributed by atoms with E-state index in [1.54, 1.807) is 42.5 Å². The summed E-state index contributed by atoms with van der Waals surface area (Å²) in [5.74, 6) is -2.92. The highest BCUT2D eigenvalue weighted by molar-refractivity contribution is 7.99. The largest absolute Gasteiger partial charge is 0.478 e. The van der Waals surface area contributed by atoms with Crippen LogP contribution in [-0.4, -0.2) is 26.8 Å².